The zero-order valence-corrected chi connectivity index (χ0v) is 14.2. The summed E-state index contributed by atoms with van der Waals surface area (Å²) in [6.45, 7) is 2.76. The minimum Gasteiger partial charge on any atom is -0.459 e. The first-order valence-corrected chi connectivity index (χ1v) is 8.39. The molecule has 0 saturated carbocycles. The lowest BCUT2D eigenvalue weighted by atomic mass is 10.0. The maximum Gasteiger partial charge on any atom is 0.291 e. The highest BCUT2D eigenvalue weighted by Gasteiger charge is 2.26. The molecule has 3 rings (SSSR count). The summed E-state index contributed by atoms with van der Waals surface area (Å²) in [7, 11) is 0. The van der Waals surface area contributed by atoms with E-state index in [4.69, 9.17) is 16.0 Å². The molecule has 0 spiro atoms. The van der Waals surface area contributed by atoms with Crippen LogP contribution in [0.4, 0.5) is 5.69 Å². The number of hydrogen-bond acceptors (Lipinski definition) is 3. The Morgan fingerprint density at radius 1 is 1.29 bits per heavy atom. The van der Waals surface area contributed by atoms with Crippen molar-refractivity contribution in [2.45, 2.75) is 32.2 Å². The molecule has 1 aromatic carbocycles. The number of anilines is 1. The Kier molecular flexibility index (Phi) is 4.90. The van der Waals surface area contributed by atoms with Crippen molar-refractivity contribution < 1.29 is 14.0 Å². The van der Waals surface area contributed by atoms with Crippen molar-refractivity contribution in [1.82, 2.24) is 4.90 Å². The molecule has 24 heavy (non-hydrogen) atoms. The van der Waals surface area contributed by atoms with Crippen molar-refractivity contribution in [3.05, 3.63) is 52.9 Å². The van der Waals surface area contributed by atoms with Crippen molar-refractivity contribution in [2.75, 3.05) is 11.9 Å². The van der Waals surface area contributed by atoms with Gasteiger partial charge in [0.2, 0.25) is 0 Å². The van der Waals surface area contributed by atoms with Crippen LogP contribution in [0.1, 0.15) is 47.1 Å². The summed E-state index contributed by atoms with van der Waals surface area (Å²) in [6, 6.07) is 8.28. The minimum atomic E-state index is -0.400. The number of benzene rings is 1. The largest absolute Gasteiger partial charge is 0.459 e. The standard InChI is InChI=1S/C18H19ClN2O3/c1-12-5-2-3-9-21(12)18(23)14-11-13(19)7-8-15(14)20-17(22)16-6-4-10-24-16/h4,6-8,10-12H,2-3,5,9H2,1H3,(H,20,22)/t12-/m0/s1. The van der Waals surface area contributed by atoms with E-state index in [1.54, 1.807) is 30.3 Å². The minimum absolute atomic E-state index is 0.112. The third-order valence-corrected chi connectivity index (χ3v) is 4.50. The SMILES string of the molecule is C[C@H]1CCCCN1C(=O)c1cc(Cl)ccc1NC(=O)c1ccco1. The number of nitrogens with zero attached hydrogens (tertiary/aromatic N) is 1. The third kappa shape index (κ3) is 3.46. The van der Waals surface area contributed by atoms with Gasteiger partial charge in [0.05, 0.1) is 17.5 Å². The van der Waals surface area contributed by atoms with Crippen molar-refractivity contribution in [3.8, 4) is 0 Å². The molecule has 1 atom stereocenters. The van der Waals surface area contributed by atoms with E-state index in [1.165, 1.54) is 6.26 Å². The van der Waals surface area contributed by atoms with Gasteiger partial charge >= 0.3 is 0 Å². The number of halogens is 1. The highest BCUT2D eigenvalue weighted by atomic mass is 35.5. The highest BCUT2D eigenvalue weighted by Crippen LogP contribution is 2.26. The summed E-state index contributed by atoms with van der Waals surface area (Å²) in [5.74, 6) is -0.322. The van der Waals surface area contributed by atoms with Crippen LogP contribution in [0.3, 0.4) is 0 Å². The molecule has 0 unspecified atom stereocenters. The van der Waals surface area contributed by atoms with Crippen LogP contribution in [0.2, 0.25) is 5.02 Å². The molecular formula is C18H19ClN2O3. The number of furan rings is 1. The molecule has 1 aliphatic heterocycles. The fourth-order valence-electron chi connectivity index (χ4n) is 2.95. The monoisotopic (exact) mass is 346 g/mol. The Labute approximate surface area is 145 Å². The molecule has 1 aliphatic rings. The third-order valence-electron chi connectivity index (χ3n) is 4.27. The van der Waals surface area contributed by atoms with E-state index in [2.05, 4.69) is 5.32 Å². The maximum atomic E-state index is 12.9. The normalized spacial score (nSPS) is 17.6. The van der Waals surface area contributed by atoms with Gasteiger partial charge < -0.3 is 14.6 Å². The molecule has 5 nitrogen and oxygen atoms in total. The summed E-state index contributed by atoms with van der Waals surface area (Å²) in [5, 5.41) is 3.19. The van der Waals surface area contributed by atoms with E-state index in [0.29, 0.717) is 16.3 Å². The van der Waals surface area contributed by atoms with Crippen molar-refractivity contribution >= 4 is 29.1 Å². The van der Waals surface area contributed by atoms with Crippen molar-refractivity contribution in [3.63, 3.8) is 0 Å². The first-order chi connectivity index (χ1) is 11.6. The number of piperidine rings is 1. The van der Waals surface area contributed by atoms with Gasteiger partial charge in [0, 0.05) is 17.6 Å². The quantitative estimate of drug-likeness (QED) is 0.905. The zero-order chi connectivity index (χ0) is 17.1. The highest BCUT2D eigenvalue weighted by molar-refractivity contribution is 6.31. The van der Waals surface area contributed by atoms with E-state index >= 15 is 0 Å². The number of rotatable bonds is 3. The van der Waals surface area contributed by atoms with Crippen molar-refractivity contribution in [1.29, 1.82) is 0 Å². The fraction of sp³-hybridized carbons (Fsp3) is 0.333. The fourth-order valence-corrected chi connectivity index (χ4v) is 3.12. The smallest absolute Gasteiger partial charge is 0.291 e. The number of nitrogens with one attached hydrogen (secondary N) is 1. The summed E-state index contributed by atoms with van der Waals surface area (Å²) in [6.07, 6.45) is 4.53. The second-order valence-corrected chi connectivity index (χ2v) is 6.40. The number of amides is 2. The van der Waals surface area contributed by atoms with Gasteiger partial charge in [-0.15, -0.1) is 0 Å². The lowest BCUT2D eigenvalue weighted by Gasteiger charge is -2.34. The molecular weight excluding hydrogens is 328 g/mol. The Morgan fingerprint density at radius 2 is 2.12 bits per heavy atom. The van der Waals surface area contributed by atoms with Crippen LogP contribution in [0.25, 0.3) is 0 Å². The van der Waals surface area contributed by atoms with E-state index in [9.17, 15) is 9.59 Å². The number of hydrogen-bond donors (Lipinski definition) is 1. The molecule has 1 saturated heterocycles. The lowest BCUT2D eigenvalue weighted by molar-refractivity contribution is 0.0636. The molecule has 1 fully saturated rings. The average Bonchev–Trinajstić information content (AvgIpc) is 3.11. The zero-order valence-electron chi connectivity index (χ0n) is 13.4. The van der Waals surface area contributed by atoms with Gasteiger partial charge in [-0.25, -0.2) is 0 Å². The molecule has 0 aliphatic carbocycles. The molecule has 2 aromatic rings. The van der Waals surface area contributed by atoms with Gasteiger partial charge in [0.25, 0.3) is 11.8 Å². The van der Waals surface area contributed by atoms with E-state index in [0.717, 1.165) is 25.8 Å². The Morgan fingerprint density at radius 3 is 2.83 bits per heavy atom. The predicted molar refractivity (Wildman–Crippen MR) is 92.5 cm³/mol. The van der Waals surface area contributed by atoms with E-state index in [-0.39, 0.29) is 17.7 Å². The van der Waals surface area contributed by atoms with Crippen molar-refractivity contribution in [2.24, 2.45) is 0 Å². The molecule has 2 heterocycles. The molecule has 1 N–H and O–H groups in total. The summed E-state index contributed by atoms with van der Waals surface area (Å²) in [4.78, 5) is 27.0. The van der Waals surface area contributed by atoms with Crippen LogP contribution < -0.4 is 5.32 Å². The van der Waals surface area contributed by atoms with Crippen LogP contribution in [0.5, 0.6) is 0 Å². The van der Waals surface area contributed by atoms with Gasteiger partial charge in [-0.05, 0) is 56.5 Å². The summed E-state index contributed by atoms with van der Waals surface area (Å²) >= 11 is 6.07. The van der Waals surface area contributed by atoms with Gasteiger partial charge in [-0.3, -0.25) is 9.59 Å². The first kappa shape index (κ1) is 16.6. The second-order valence-electron chi connectivity index (χ2n) is 5.96. The number of carbonyl (C=O) groups excluding carboxylic acids is 2. The van der Waals surface area contributed by atoms with Gasteiger partial charge in [0.15, 0.2) is 5.76 Å². The van der Waals surface area contributed by atoms with Gasteiger partial charge in [0.1, 0.15) is 0 Å². The Hall–Kier alpha value is -2.27. The van der Waals surface area contributed by atoms with Crippen LogP contribution in [0, 0.1) is 0 Å². The number of carbonyl (C=O) groups is 2. The summed E-state index contributed by atoms with van der Waals surface area (Å²) < 4.78 is 5.09. The van der Waals surface area contributed by atoms with Crippen LogP contribution in [-0.4, -0.2) is 29.3 Å². The summed E-state index contributed by atoms with van der Waals surface area (Å²) in [5.41, 5.74) is 0.833. The van der Waals surface area contributed by atoms with Crippen LogP contribution in [0.15, 0.2) is 41.0 Å². The topological polar surface area (TPSA) is 62.6 Å². The average molecular weight is 347 g/mol. The van der Waals surface area contributed by atoms with Gasteiger partial charge in [-0.1, -0.05) is 11.6 Å². The van der Waals surface area contributed by atoms with Crippen LogP contribution in [-0.2, 0) is 0 Å². The molecule has 0 bridgehead atoms. The molecule has 126 valence electrons. The van der Waals surface area contributed by atoms with E-state index < -0.39 is 5.91 Å². The predicted octanol–water partition coefficient (Wildman–Crippen LogP) is 4.20. The van der Waals surface area contributed by atoms with Gasteiger partial charge in [-0.2, -0.15) is 0 Å². The molecule has 1 aromatic heterocycles. The Balaban J connectivity index is 1.88. The van der Waals surface area contributed by atoms with E-state index in [1.807, 2.05) is 11.8 Å². The molecule has 6 heteroatoms. The molecule has 2 amide bonds. The Bertz CT molecular complexity index is 743. The molecule has 0 radical (unpaired) electrons. The van der Waals surface area contributed by atoms with Crippen LogP contribution >= 0.6 is 11.6 Å². The lowest BCUT2D eigenvalue weighted by Crippen LogP contribution is -2.42. The number of likely N-dealkylation sites (tertiary alicyclic amines) is 1. The second kappa shape index (κ2) is 7.09. The first-order valence-electron chi connectivity index (χ1n) is 8.01. The maximum absolute atomic E-state index is 12.9.